The van der Waals surface area contributed by atoms with Crippen LogP contribution in [-0.4, -0.2) is 9.97 Å². The molecule has 0 saturated heterocycles. The summed E-state index contributed by atoms with van der Waals surface area (Å²) in [5.41, 5.74) is 2.38. The van der Waals surface area contributed by atoms with Crippen LogP contribution in [0.25, 0.3) is 0 Å². The molecule has 0 atom stereocenters. The van der Waals surface area contributed by atoms with Crippen LogP contribution in [0.3, 0.4) is 0 Å². The molecule has 0 aliphatic carbocycles. The van der Waals surface area contributed by atoms with Crippen molar-refractivity contribution in [2.45, 2.75) is 6.42 Å². The van der Waals surface area contributed by atoms with Crippen LogP contribution in [0.5, 0.6) is 0 Å². The fourth-order valence-corrected chi connectivity index (χ4v) is 1.19. The van der Waals surface area contributed by atoms with Crippen LogP contribution in [0.1, 0.15) is 11.3 Å². The number of hydrogen-bond acceptors (Lipinski definition) is 1. The molecule has 12 heavy (non-hydrogen) atoms. The molecule has 1 aromatic heterocycles. The molecule has 0 fully saturated rings. The van der Waals surface area contributed by atoms with Gasteiger partial charge in [0.15, 0.2) is 0 Å². The summed E-state index contributed by atoms with van der Waals surface area (Å²) in [6, 6.07) is 10.3. The van der Waals surface area contributed by atoms with Crippen molar-refractivity contribution in [3.05, 3.63) is 54.1 Å². The Kier molecular flexibility index (Phi) is 1.90. The monoisotopic (exact) mass is 158 g/mol. The number of benzene rings is 1. The van der Waals surface area contributed by atoms with E-state index in [1.807, 2.05) is 24.4 Å². The summed E-state index contributed by atoms with van der Waals surface area (Å²) >= 11 is 0. The third kappa shape index (κ3) is 1.53. The first-order valence-electron chi connectivity index (χ1n) is 3.97. The fourth-order valence-electron chi connectivity index (χ4n) is 1.19. The maximum Gasteiger partial charge on any atom is 0.0923 e. The van der Waals surface area contributed by atoms with Crippen molar-refractivity contribution in [2.75, 3.05) is 0 Å². The van der Waals surface area contributed by atoms with Crippen molar-refractivity contribution in [1.29, 1.82) is 0 Å². The van der Waals surface area contributed by atoms with Gasteiger partial charge in [-0.05, 0) is 5.56 Å². The molecule has 0 saturated carbocycles. The van der Waals surface area contributed by atoms with Gasteiger partial charge in [0.2, 0.25) is 0 Å². The minimum Gasteiger partial charge on any atom is -0.351 e. The van der Waals surface area contributed by atoms with E-state index in [0.717, 1.165) is 12.1 Å². The summed E-state index contributed by atoms with van der Waals surface area (Å²) in [4.78, 5) is 7.09. The van der Waals surface area contributed by atoms with Gasteiger partial charge in [0.25, 0.3) is 0 Å². The van der Waals surface area contributed by atoms with E-state index in [2.05, 4.69) is 22.1 Å². The van der Waals surface area contributed by atoms with E-state index in [0.29, 0.717) is 0 Å². The van der Waals surface area contributed by atoms with Gasteiger partial charge in [0, 0.05) is 12.6 Å². The number of aromatic amines is 1. The average Bonchev–Trinajstić information content (AvgIpc) is 2.59. The lowest BCUT2D eigenvalue weighted by Crippen LogP contribution is -1.86. The average molecular weight is 158 g/mol. The molecular weight excluding hydrogens is 148 g/mol. The van der Waals surface area contributed by atoms with Crippen LogP contribution in [-0.2, 0) is 6.42 Å². The molecule has 2 heteroatoms. The first-order chi connectivity index (χ1) is 5.95. The maximum atomic E-state index is 4.16. The smallest absolute Gasteiger partial charge is 0.0923 e. The number of aromatic nitrogens is 2. The highest BCUT2D eigenvalue weighted by molar-refractivity contribution is 5.19. The molecule has 0 spiro atoms. The molecular formula is C10H10N2. The zero-order valence-corrected chi connectivity index (χ0v) is 6.70. The van der Waals surface area contributed by atoms with Crippen LogP contribution in [0.4, 0.5) is 0 Å². The van der Waals surface area contributed by atoms with Gasteiger partial charge < -0.3 is 4.98 Å². The standard InChI is InChI=1S/C10H10N2/c1-2-4-9(5-3-1)6-10-7-11-8-12-10/h1-5,7-8H,6H2,(H,11,12). The summed E-state index contributed by atoms with van der Waals surface area (Å²) in [5, 5.41) is 0. The Bertz CT molecular complexity index is 324. The van der Waals surface area contributed by atoms with Gasteiger partial charge in [-0.3, -0.25) is 0 Å². The molecule has 2 aromatic rings. The molecule has 1 heterocycles. The molecule has 1 N–H and O–H groups in total. The second-order valence-corrected chi connectivity index (χ2v) is 2.72. The highest BCUT2D eigenvalue weighted by atomic mass is 14.9. The Morgan fingerprint density at radius 3 is 2.67 bits per heavy atom. The molecule has 60 valence electrons. The van der Waals surface area contributed by atoms with Crippen molar-refractivity contribution >= 4 is 0 Å². The Morgan fingerprint density at radius 2 is 2.00 bits per heavy atom. The van der Waals surface area contributed by atoms with Crippen molar-refractivity contribution in [1.82, 2.24) is 9.97 Å². The predicted molar refractivity (Wildman–Crippen MR) is 47.8 cm³/mol. The summed E-state index contributed by atoms with van der Waals surface area (Å²) in [6.45, 7) is 0. The summed E-state index contributed by atoms with van der Waals surface area (Å²) < 4.78 is 0. The van der Waals surface area contributed by atoms with E-state index in [1.165, 1.54) is 5.56 Å². The first kappa shape index (κ1) is 7.10. The maximum absolute atomic E-state index is 4.16. The Labute approximate surface area is 71.3 Å². The number of imidazole rings is 1. The summed E-state index contributed by atoms with van der Waals surface area (Å²) in [7, 11) is 0. The van der Waals surface area contributed by atoms with E-state index in [-0.39, 0.29) is 0 Å². The number of hydrogen-bond donors (Lipinski definition) is 1. The molecule has 2 nitrogen and oxygen atoms in total. The lowest BCUT2D eigenvalue weighted by Gasteiger charge is -1.95. The number of H-pyrrole nitrogens is 1. The van der Waals surface area contributed by atoms with E-state index in [9.17, 15) is 0 Å². The minimum atomic E-state index is 0.907. The molecule has 0 radical (unpaired) electrons. The zero-order valence-electron chi connectivity index (χ0n) is 6.70. The van der Waals surface area contributed by atoms with E-state index in [4.69, 9.17) is 0 Å². The third-order valence-corrected chi connectivity index (χ3v) is 1.78. The van der Waals surface area contributed by atoms with Crippen LogP contribution in [0.15, 0.2) is 42.9 Å². The Balaban J connectivity index is 2.15. The third-order valence-electron chi connectivity index (χ3n) is 1.78. The summed E-state index contributed by atoms with van der Waals surface area (Å²) in [5.74, 6) is 0. The molecule has 1 aromatic carbocycles. The largest absolute Gasteiger partial charge is 0.351 e. The van der Waals surface area contributed by atoms with E-state index < -0.39 is 0 Å². The van der Waals surface area contributed by atoms with Crippen molar-refractivity contribution in [2.24, 2.45) is 0 Å². The lowest BCUT2D eigenvalue weighted by atomic mass is 10.1. The molecule has 0 unspecified atom stereocenters. The Morgan fingerprint density at radius 1 is 1.17 bits per heavy atom. The van der Waals surface area contributed by atoms with Crippen molar-refractivity contribution in [3.63, 3.8) is 0 Å². The number of rotatable bonds is 2. The van der Waals surface area contributed by atoms with Gasteiger partial charge in [-0.2, -0.15) is 0 Å². The Hall–Kier alpha value is -1.57. The van der Waals surface area contributed by atoms with Gasteiger partial charge in [0.05, 0.1) is 12.0 Å². The number of nitrogens with one attached hydrogen (secondary N) is 1. The van der Waals surface area contributed by atoms with E-state index >= 15 is 0 Å². The van der Waals surface area contributed by atoms with Gasteiger partial charge in [-0.1, -0.05) is 30.3 Å². The van der Waals surface area contributed by atoms with Gasteiger partial charge in [-0.15, -0.1) is 0 Å². The highest BCUT2D eigenvalue weighted by Crippen LogP contribution is 2.04. The van der Waals surface area contributed by atoms with Gasteiger partial charge in [-0.25, -0.2) is 4.98 Å². The number of nitrogens with zero attached hydrogens (tertiary/aromatic N) is 1. The second-order valence-electron chi connectivity index (χ2n) is 2.72. The van der Waals surface area contributed by atoms with Crippen LogP contribution in [0, 0.1) is 0 Å². The zero-order chi connectivity index (χ0) is 8.23. The van der Waals surface area contributed by atoms with Crippen molar-refractivity contribution < 1.29 is 0 Å². The SMILES string of the molecule is c1ccc(Cc2c[nH]cn2)cc1. The topological polar surface area (TPSA) is 28.7 Å². The van der Waals surface area contributed by atoms with Gasteiger partial charge in [0.1, 0.15) is 0 Å². The van der Waals surface area contributed by atoms with E-state index in [1.54, 1.807) is 6.33 Å². The van der Waals surface area contributed by atoms with Crippen LogP contribution >= 0.6 is 0 Å². The molecule has 0 amide bonds. The fraction of sp³-hybridized carbons (Fsp3) is 0.100. The van der Waals surface area contributed by atoms with Crippen molar-refractivity contribution in [3.8, 4) is 0 Å². The molecule has 2 rings (SSSR count). The van der Waals surface area contributed by atoms with Crippen LogP contribution < -0.4 is 0 Å². The molecule has 0 aliphatic rings. The van der Waals surface area contributed by atoms with Crippen LogP contribution in [0.2, 0.25) is 0 Å². The molecule has 0 bridgehead atoms. The predicted octanol–water partition coefficient (Wildman–Crippen LogP) is 2.00. The van der Waals surface area contributed by atoms with Gasteiger partial charge >= 0.3 is 0 Å². The minimum absolute atomic E-state index is 0.907. The first-order valence-corrected chi connectivity index (χ1v) is 3.97. The molecule has 0 aliphatic heterocycles. The lowest BCUT2D eigenvalue weighted by molar-refractivity contribution is 1.11. The quantitative estimate of drug-likeness (QED) is 0.711. The second kappa shape index (κ2) is 3.22. The highest BCUT2D eigenvalue weighted by Gasteiger charge is 1.95. The summed E-state index contributed by atoms with van der Waals surface area (Å²) in [6.07, 6.45) is 4.54. The normalized spacial score (nSPS) is 10.0.